The molecule has 2 aromatic rings. The predicted octanol–water partition coefficient (Wildman–Crippen LogP) is 1.94. The van der Waals surface area contributed by atoms with Gasteiger partial charge < -0.3 is 5.73 Å². The van der Waals surface area contributed by atoms with E-state index in [4.69, 9.17) is 5.73 Å². The molecule has 0 aliphatic rings. The highest BCUT2D eigenvalue weighted by Crippen LogP contribution is 2.23. The van der Waals surface area contributed by atoms with E-state index < -0.39 is 18.0 Å². The largest absolute Gasteiger partial charge is 0.472 e. The number of benzene rings is 1. The summed E-state index contributed by atoms with van der Waals surface area (Å²) in [5.74, 6) is -2.79. The van der Waals surface area contributed by atoms with E-state index in [9.17, 15) is 22.8 Å². The molecule has 0 fully saturated rings. The molecule has 1 amide bonds. The standard InChI is InChI=1S/C11H7F3N2O2/c12-11(13,14)10(18)16-4-3-6-1-2-7(9(15)17)5-8(6)16/h1-5H,(H2,15,17). The van der Waals surface area contributed by atoms with Gasteiger partial charge in [0.05, 0.1) is 5.52 Å². The molecule has 0 saturated heterocycles. The Hall–Kier alpha value is -2.31. The molecule has 2 rings (SSSR count). The summed E-state index contributed by atoms with van der Waals surface area (Å²) in [6, 6.07) is 5.31. The van der Waals surface area contributed by atoms with Crippen molar-refractivity contribution in [1.82, 2.24) is 4.57 Å². The Labute approximate surface area is 98.8 Å². The molecule has 18 heavy (non-hydrogen) atoms. The van der Waals surface area contributed by atoms with E-state index in [0.29, 0.717) is 9.95 Å². The third kappa shape index (κ3) is 1.94. The molecule has 0 spiro atoms. The van der Waals surface area contributed by atoms with Crippen LogP contribution in [0.25, 0.3) is 10.9 Å². The minimum absolute atomic E-state index is 0.00590. The zero-order valence-electron chi connectivity index (χ0n) is 8.86. The number of alkyl halides is 3. The van der Waals surface area contributed by atoms with Crippen molar-refractivity contribution >= 4 is 22.7 Å². The summed E-state index contributed by atoms with van der Waals surface area (Å²) in [4.78, 5) is 22.1. The first-order valence-electron chi connectivity index (χ1n) is 4.83. The number of nitrogens with two attached hydrogens (primary N) is 1. The fraction of sp³-hybridized carbons (Fsp3) is 0.0909. The van der Waals surface area contributed by atoms with Crippen molar-refractivity contribution in [3.05, 3.63) is 36.0 Å². The van der Waals surface area contributed by atoms with Gasteiger partial charge in [0, 0.05) is 17.1 Å². The maximum atomic E-state index is 12.3. The van der Waals surface area contributed by atoms with Crippen LogP contribution < -0.4 is 5.73 Å². The summed E-state index contributed by atoms with van der Waals surface area (Å²) in [6.07, 6.45) is -3.97. The first-order valence-corrected chi connectivity index (χ1v) is 4.83. The number of nitrogens with zero attached hydrogens (tertiary/aromatic N) is 1. The van der Waals surface area contributed by atoms with Crippen molar-refractivity contribution < 1.29 is 22.8 Å². The molecule has 1 aromatic carbocycles. The third-order valence-corrected chi connectivity index (χ3v) is 2.44. The molecule has 0 bridgehead atoms. The van der Waals surface area contributed by atoms with E-state index in [1.807, 2.05) is 0 Å². The second kappa shape index (κ2) is 3.86. The van der Waals surface area contributed by atoms with Gasteiger partial charge in [0.15, 0.2) is 0 Å². The van der Waals surface area contributed by atoms with Gasteiger partial charge >= 0.3 is 12.1 Å². The smallest absolute Gasteiger partial charge is 0.366 e. The number of aromatic nitrogens is 1. The molecule has 94 valence electrons. The molecule has 7 heteroatoms. The van der Waals surface area contributed by atoms with E-state index >= 15 is 0 Å². The van der Waals surface area contributed by atoms with Gasteiger partial charge in [-0.2, -0.15) is 13.2 Å². The van der Waals surface area contributed by atoms with Crippen LogP contribution in [-0.4, -0.2) is 22.6 Å². The average molecular weight is 256 g/mol. The summed E-state index contributed by atoms with van der Waals surface area (Å²) in [6.45, 7) is 0. The van der Waals surface area contributed by atoms with Crippen LogP contribution >= 0.6 is 0 Å². The van der Waals surface area contributed by atoms with Crippen LogP contribution in [0.4, 0.5) is 13.2 Å². The zero-order chi connectivity index (χ0) is 13.5. The van der Waals surface area contributed by atoms with Crippen molar-refractivity contribution in [3.8, 4) is 0 Å². The number of fused-ring (bicyclic) bond motifs is 1. The van der Waals surface area contributed by atoms with Gasteiger partial charge in [-0.1, -0.05) is 6.07 Å². The first kappa shape index (κ1) is 12.2. The average Bonchev–Trinajstić information content (AvgIpc) is 2.68. The molecule has 0 saturated carbocycles. The van der Waals surface area contributed by atoms with Gasteiger partial charge in [-0.3, -0.25) is 14.2 Å². The van der Waals surface area contributed by atoms with E-state index in [1.54, 1.807) is 0 Å². The van der Waals surface area contributed by atoms with E-state index in [0.717, 1.165) is 12.3 Å². The van der Waals surface area contributed by atoms with Gasteiger partial charge in [-0.15, -0.1) is 0 Å². The van der Waals surface area contributed by atoms with Crippen LogP contribution in [0.2, 0.25) is 0 Å². The third-order valence-electron chi connectivity index (χ3n) is 2.44. The van der Waals surface area contributed by atoms with Crippen molar-refractivity contribution in [3.63, 3.8) is 0 Å². The van der Waals surface area contributed by atoms with Crippen LogP contribution in [0.5, 0.6) is 0 Å². The Balaban J connectivity index is 2.62. The molecule has 0 aliphatic carbocycles. The number of hydrogen-bond donors (Lipinski definition) is 1. The fourth-order valence-corrected chi connectivity index (χ4v) is 1.60. The van der Waals surface area contributed by atoms with Crippen molar-refractivity contribution in [2.75, 3.05) is 0 Å². The lowest BCUT2D eigenvalue weighted by Crippen LogP contribution is -2.28. The Morgan fingerprint density at radius 2 is 1.83 bits per heavy atom. The molecular formula is C11H7F3N2O2. The summed E-state index contributed by atoms with van der Waals surface area (Å²) in [5, 5.41) is 0.414. The highest BCUT2D eigenvalue weighted by atomic mass is 19.4. The Morgan fingerprint density at radius 1 is 1.17 bits per heavy atom. The molecule has 1 aromatic heterocycles. The maximum absolute atomic E-state index is 12.3. The lowest BCUT2D eigenvalue weighted by molar-refractivity contribution is -0.0942. The summed E-state index contributed by atoms with van der Waals surface area (Å²) in [7, 11) is 0. The van der Waals surface area contributed by atoms with Crippen molar-refractivity contribution in [1.29, 1.82) is 0 Å². The minimum atomic E-state index is -4.98. The molecule has 2 N–H and O–H groups in total. The number of primary amides is 1. The summed E-state index contributed by atoms with van der Waals surface area (Å²) in [5.41, 5.74) is 5.06. The van der Waals surface area contributed by atoms with Crippen LogP contribution in [-0.2, 0) is 0 Å². The van der Waals surface area contributed by atoms with Gasteiger partial charge in [-0.25, -0.2) is 0 Å². The Bertz CT molecular complexity index is 643. The van der Waals surface area contributed by atoms with Crippen LogP contribution in [0.1, 0.15) is 15.2 Å². The topological polar surface area (TPSA) is 65.1 Å². The maximum Gasteiger partial charge on any atom is 0.472 e. The van der Waals surface area contributed by atoms with Gasteiger partial charge in [0.2, 0.25) is 5.91 Å². The van der Waals surface area contributed by atoms with E-state index in [-0.39, 0.29) is 11.1 Å². The molecule has 0 aliphatic heterocycles. The van der Waals surface area contributed by atoms with Crippen molar-refractivity contribution in [2.24, 2.45) is 5.73 Å². The first-order chi connectivity index (χ1) is 8.30. The van der Waals surface area contributed by atoms with Crippen LogP contribution in [0.15, 0.2) is 30.5 Å². The molecule has 0 atom stereocenters. The summed E-state index contributed by atoms with van der Waals surface area (Å²) >= 11 is 0. The van der Waals surface area contributed by atoms with Gasteiger partial charge in [-0.05, 0) is 18.2 Å². The van der Waals surface area contributed by atoms with E-state index in [2.05, 4.69) is 0 Å². The number of carbonyl (C=O) groups is 2. The summed E-state index contributed by atoms with van der Waals surface area (Å²) < 4.78 is 37.5. The number of amides is 1. The molecular weight excluding hydrogens is 249 g/mol. The zero-order valence-corrected chi connectivity index (χ0v) is 8.86. The Kier molecular flexibility index (Phi) is 2.61. The highest BCUT2D eigenvalue weighted by molar-refractivity contribution is 6.00. The normalized spacial score (nSPS) is 11.7. The number of halogens is 3. The van der Waals surface area contributed by atoms with Crippen LogP contribution in [0, 0.1) is 0 Å². The fourth-order valence-electron chi connectivity index (χ4n) is 1.60. The van der Waals surface area contributed by atoms with Crippen LogP contribution in [0.3, 0.4) is 0 Å². The molecule has 1 heterocycles. The van der Waals surface area contributed by atoms with Crippen molar-refractivity contribution in [2.45, 2.75) is 6.18 Å². The molecule has 0 radical (unpaired) electrons. The minimum Gasteiger partial charge on any atom is -0.366 e. The Morgan fingerprint density at radius 3 is 2.39 bits per heavy atom. The van der Waals surface area contributed by atoms with Gasteiger partial charge in [0.25, 0.3) is 0 Å². The predicted molar refractivity (Wildman–Crippen MR) is 57.1 cm³/mol. The number of hydrogen-bond acceptors (Lipinski definition) is 2. The second-order valence-electron chi connectivity index (χ2n) is 3.63. The second-order valence-corrected chi connectivity index (χ2v) is 3.63. The SMILES string of the molecule is NC(=O)c1ccc2ccn(C(=O)C(F)(F)F)c2c1. The number of rotatable bonds is 1. The lowest BCUT2D eigenvalue weighted by Gasteiger charge is -2.07. The van der Waals surface area contributed by atoms with Gasteiger partial charge in [0.1, 0.15) is 0 Å². The monoisotopic (exact) mass is 256 g/mol. The quantitative estimate of drug-likeness (QED) is 0.847. The van der Waals surface area contributed by atoms with E-state index in [1.165, 1.54) is 18.2 Å². The lowest BCUT2D eigenvalue weighted by atomic mass is 10.1. The molecule has 0 unspecified atom stereocenters. The highest BCUT2D eigenvalue weighted by Gasteiger charge is 2.40. The number of carbonyl (C=O) groups excluding carboxylic acids is 2. The molecule has 4 nitrogen and oxygen atoms in total.